The molecule has 2 nitrogen and oxygen atoms in total. The number of thiazole rings is 1. The predicted molar refractivity (Wildman–Crippen MR) is 80.6 cm³/mol. The Morgan fingerprint density at radius 1 is 1.17 bits per heavy atom. The number of anilines is 1. The van der Waals surface area contributed by atoms with Crippen LogP contribution in [0.1, 0.15) is 65.5 Å². The monoisotopic (exact) mass is 266 g/mol. The van der Waals surface area contributed by atoms with Gasteiger partial charge in [0.25, 0.3) is 0 Å². The van der Waals surface area contributed by atoms with Crippen molar-refractivity contribution in [3.8, 4) is 0 Å². The molecule has 1 aliphatic rings. The van der Waals surface area contributed by atoms with Gasteiger partial charge in [0.2, 0.25) is 0 Å². The zero-order chi connectivity index (χ0) is 13.8. The molecule has 0 atom stereocenters. The minimum absolute atomic E-state index is 0.0834. The van der Waals surface area contributed by atoms with E-state index in [9.17, 15) is 0 Å². The van der Waals surface area contributed by atoms with Crippen LogP contribution in [0.4, 0.5) is 5.13 Å². The molecule has 0 amide bonds. The van der Waals surface area contributed by atoms with Crippen molar-refractivity contribution < 1.29 is 0 Å². The molecule has 1 aromatic rings. The molecule has 1 N–H and O–H groups in total. The van der Waals surface area contributed by atoms with Crippen LogP contribution in [0.25, 0.3) is 0 Å². The highest BCUT2D eigenvalue weighted by Gasteiger charge is 2.40. The third-order valence-corrected chi connectivity index (χ3v) is 4.74. The molecule has 1 heterocycles. The molecular formula is C15H26N2S. The fraction of sp³-hybridized carbons (Fsp3) is 0.800. The fourth-order valence-electron chi connectivity index (χ4n) is 3.17. The first kappa shape index (κ1) is 13.9. The van der Waals surface area contributed by atoms with Crippen LogP contribution in [0, 0.1) is 5.41 Å². The van der Waals surface area contributed by atoms with Gasteiger partial charge in [0.1, 0.15) is 0 Å². The standard InChI is InChI=1S/C15H26N2S/c1-13(2,3)17-12-16-10-8-14(4,5)9-15(6,7)11(10)18-12/h8-9H2,1-7H3,(H,16,17). The zero-order valence-corrected chi connectivity index (χ0v) is 13.6. The highest BCUT2D eigenvalue weighted by molar-refractivity contribution is 7.15. The molecule has 0 saturated carbocycles. The number of aromatic nitrogens is 1. The van der Waals surface area contributed by atoms with E-state index in [0.717, 1.165) is 11.6 Å². The van der Waals surface area contributed by atoms with Crippen LogP contribution in [-0.4, -0.2) is 10.5 Å². The van der Waals surface area contributed by atoms with Crippen LogP contribution in [0.3, 0.4) is 0 Å². The smallest absolute Gasteiger partial charge is 0.183 e. The second-order valence-corrected chi connectivity index (χ2v) is 9.07. The lowest BCUT2D eigenvalue weighted by molar-refractivity contribution is 0.232. The summed E-state index contributed by atoms with van der Waals surface area (Å²) < 4.78 is 0. The summed E-state index contributed by atoms with van der Waals surface area (Å²) in [5.74, 6) is 0. The Morgan fingerprint density at radius 3 is 2.33 bits per heavy atom. The van der Waals surface area contributed by atoms with Crippen molar-refractivity contribution in [2.24, 2.45) is 5.41 Å². The van der Waals surface area contributed by atoms with Crippen LogP contribution in [0.5, 0.6) is 0 Å². The van der Waals surface area contributed by atoms with E-state index in [1.165, 1.54) is 17.0 Å². The zero-order valence-electron chi connectivity index (χ0n) is 12.8. The summed E-state index contributed by atoms with van der Waals surface area (Å²) in [6.45, 7) is 16.0. The second kappa shape index (κ2) is 3.96. The average Bonchev–Trinajstić information content (AvgIpc) is 2.40. The number of hydrogen-bond donors (Lipinski definition) is 1. The van der Waals surface area contributed by atoms with Crippen molar-refractivity contribution in [2.75, 3.05) is 5.32 Å². The average molecular weight is 266 g/mol. The Balaban J connectivity index is 2.36. The van der Waals surface area contributed by atoms with Crippen molar-refractivity contribution in [3.63, 3.8) is 0 Å². The third kappa shape index (κ3) is 2.87. The quantitative estimate of drug-likeness (QED) is 0.803. The molecule has 1 aromatic heterocycles. The summed E-state index contributed by atoms with van der Waals surface area (Å²) in [5, 5.41) is 4.59. The van der Waals surface area contributed by atoms with E-state index in [1.54, 1.807) is 0 Å². The molecule has 18 heavy (non-hydrogen) atoms. The first-order valence-electron chi connectivity index (χ1n) is 6.77. The maximum atomic E-state index is 4.83. The van der Waals surface area contributed by atoms with Gasteiger partial charge in [0, 0.05) is 15.8 Å². The molecule has 2 rings (SSSR count). The van der Waals surface area contributed by atoms with E-state index >= 15 is 0 Å². The third-order valence-electron chi connectivity index (χ3n) is 3.36. The van der Waals surface area contributed by atoms with Gasteiger partial charge in [-0.3, -0.25) is 0 Å². The molecule has 102 valence electrons. The molecule has 0 radical (unpaired) electrons. The molecular weight excluding hydrogens is 240 g/mol. The predicted octanol–water partition coefficient (Wildman–Crippen LogP) is 4.60. The van der Waals surface area contributed by atoms with Crippen molar-refractivity contribution in [1.29, 1.82) is 0 Å². The number of rotatable bonds is 1. The van der Waals surface area contributed by atoms with E-state index < -0.39 is 0 Å². The van der Waals surface area contributed by atoms with Gasteiger partial charge in [-0.2, -0.15) is 0 Å². The van der Waals surface area contributed by atoms with Gasteiger partial charge in [-0.25, -0.2) is 4.98 Å². The Labute approximate surface area is 115 Å². The minimum atomic E-state index is 0.0834. The van der Waals surface area contributed by atoms with Crippen molar-refractivity contribution in [1.82, 2.24) is 4.98 Å². The Bertz CT molecular complexity index is 450. The van der Waals surface area contributed by atoms with Crippen LogP contribution < -0.4 is 5.32 Å². The lowest BCUT2D eigenvalue weighted by Crippen LogP contribution is -2.33. The largest absolute Gasteiger partial charge is 0.357 e. The highest BCUT2D eigenvalue weighted by atomic mass is 32.1. The second-order valence-electron chi connectivity index (χ2n) is 8.07. The van der Waals surface area contributed by atoms with E-state index in [1.807, 2.05) is 11.3 Å². The normalized spacial score (nSPS) is 21.5. The number of fused-ring (bicyclic) bond motifs is 1. The molecule has 0 fully saturated rings. The van der Waals surface area contributed by atoms with Gasteiger partial charge in [0.15, 0.2) is 5.13 Å². The van der Waals surface area contributed by atoms with Gasteiger partial charge >= 0.3 is 0 Å². The molecule has 0 unspecified atom stereocenters. The SMILES string of the molecule is CC1(C)Cc2nc(NC(C)(C)C)sc2C(C)(C)C1. The molecule has 1 aliphatic carbocycles. The highest BCUT2D eigenvalue weighted by Crippen LogP contribution is 2.48. The summed E-state index contributed by atoms with van der Waals surface area (Å²) in [4.78, 5) is 6.31. The Morgan fingerprint density at radius 2 is 1.78 bits per heavy atom. The maximum absolute atomic E-state index is 4.83. The fourth-order valence-corrected chi connectivity index (χ4v) is 4.46. The number of nitrogens with one attached hydrogen (secondary N) is 1. The van der Waals surface area contributed by atoms with E-state index in [4.69, 9.17) is 4.98 Å². The van der Waals surface area contributed by atoms with Gasteiger partial charge < -0.3 is 5.32 Å². The van der Waals surface area contributed by atoms with Crippen molar-refractivity contribution >= 4 is 16.5 Å². The van der Waals surface area contributed by atoms with Gasteiger partial charge in [-0.15, -0.1) is 11.3 Å². The molecule has 3 heteroatoms. The molecule has 0 saturated heterocycles. The number of nitrogens with zero attached hydrogens (tertiary/aromatic N) is 1. The summed E-state index contributed by atoms with van der Waals surface area (Å²) in [6, 6.07) is 0. The van der Waals surface area contributed by atoms with Crippen LogP contribution in [-0.2, 0) is 11.8 Å². The molecule has 0 bridgehead atoms. The van der Waals surface area contributed by atoms with E-state index in [0.29, 0.717) is 5.41 Å². The molecule has 0 aliphatic heterocycles. The summed E-state index contributed by atoms with van der Waals surface area (Å²) in [7, 11) is 0. The Hall–Kier alpha value is -0.570. The van der Waals surface area contributed by atoms with Crippen LogP contribution in [0.15, 0.2) is 0 Å². The van der Waals surface area contributed by atoms with Crippen LogP contribution >= 0.6 is 11.3 Å². The van der Waals surface area contributed by atoms with Crippen molar-refractivity contribution in [3.05, 3.63) is 10.6 Å². The first-order chi connectivity index (χ1) is 7.99. The summed E-state index contributed by atoms with van der Waals surface area (Å²) in [5.41, 5.74) is 2.02. The first-order valence-corrected chi connectivity index (χ1v) is 7.59. The summed E-state index contributed by atoms with van der Waals surface area (Å²) >= 11 is 1.85. The minimum Gasteiger partial charge on any atom is -0.357 e. The van der Waals surface area contributed by atoms with Gasteiger partial charge in [0.05, 0.1) is 5.69 Å². The molecule has 0 spiro atoms. The molecule has 0 aromatic carbocycles. The number of hydrogen-bond acceptors (Lipinski definition) is 3. The van der Waals surface area contributed by atoms with Gasteiger partial charge in [-0.1, -0.05) is 27.7 Å². The van der Waals surface area contributed by atoms with Gasteiger partial charge in [-0.05, 0) is 39.0 Å². The van der Waals surface area contributed by atoms with Crippen molar-refractivity contribution in [2.45, 2.75) is 72.3 Å². The lowest BCUT2D eigenvalue weighted by Gasteiger charge is -2.39. The maximum Gasteiger partial charge on any atom is 0.183 e. The lowest BCUT2D eigenvalue weighted by atomic mass is 9.67. The summed E-state index contributed by atoms with van der Waals surface area (Å²) in [6.07, 6.45) is 2.35. The topological polar surface area (TPSA) is 24.9 Å². The van der Waals surface area contributed by atoms with E-state index in [-0.39, 0.29) is 11.0 Å². The van der Waals surface area contributed by atoms with E-state index in [2.05, 4.69) is 53.8 Å². The Kier molecular flexibility index (Phi) is 3.05. The van der Waals surface area contributed by atoms with Crippen LogP contribution in [0.2, 0.25) is 0 Å².